The van der Waals surface area contributed by atoms with Gasteiger partial charge in [0.2, 0.25) is 0 Å². The van der Waals surface area contributed by atoms with E-state index in [1.807, 2.05) is 12.2 Å². The van der Waals surface area contributed by atoms with Crippen LogP contribution in [0.4, 0.5) is 0 Å². The van der Waals surface area contributed by atoms with Crippen LogP contribution in [0.15, 0.2) is 60.9 Å². The van der Waals surface area contributed by atoms with E-state index in [0.717, 1.165) is 44.5 Å². The molecule has 0 saturated carbocycles. The van der Waals surface area contributed by atoms with Gasteiger partial charge in [-0.3, -0.25) is 0 Å². The predicted octanol–water partition coefficient (Wildman–Crippen LogP) is 5.49. The maximum atomic E-state index is 10.5. The Kier molecular flexibility index (Phi) is 13.4. The Morgan fingerprint density at radius 3 is 2.89 bits per heavy atom. The maximum Gasteiger partial charge on any atom is 0.124 e. The van der Waals surface area contributed by atoms with Gasteiger partial charge in [0.25, 0.3) is 0 Å². The summed E-state index contributed by atoms with van der Waals surface area (Å²) in [5.41, 5.74) is 1.04. The van der Waals surface area contributed by atoms with E-state index in [9.17, 15) is 5.11 Å². The standard InChI is InChI=1S/C25H42N2O/c1-5-7-8-9-10-12-23(6-2)15-14-21(3)20-25(28)27-24-13-11-17-26-18-16-22(4)19-24/h5,7-11,13,19,21-23,25-28H,1,6,12,14-18,20H2,2-4H3/b8-7-,10-9+,13-11-,24-19+/t21?,22?,23-,25?/m1/s1. The fourth-order valence-electron chi connectivity index (χ4n) is 3.49. The van der Waals surface area contributed by atoms with E-state index in [1.54, 1.807) is 6.08 Å². The molecule has 3 unspecified atom stereocenters. The quantitative estimate of drug-likeness (QED) is 0.307. The molecule has 158 valence electrons. The van der Waals surface area contributed by atoms with E-state index < -0.39 is 6.23 Å². The average molecular weight is 387 g/mol. The topological polar surface area (TPSA) is 44.3 Å². The summed E-state index contributed by atoms with van der Waals surface area (Å²) in [4.78, 5) is 0. The summed E-state index contributed by atoms with van der Waals surface area (Å²) in [5, 5.41) is 17.2. The molecular weight excluding hydrogens is 344 g/mol. The van der Waals surface area contributed by atoms with Crippen molar-refractivity contribution in [1.82, 2.24) is 10.6 Å². The second-order valence-electron chi connectivity index (χ2n) is 8.13. The molecule has 0 aliphatic carbocycles. The number of aliphatic hydroxyl groups excluding tert-OH is 1. The molecule has 0 fully saturated rings. The van der Waals surface area contributed by atoms with Gasteiger partial charge >= 0.3 is 0 Å². The molecular formula is C25H42N2O. The summed E-state index contributed by atoms with van der Waals surface area (Å²) in [7, 11) is 0. The van der Waals surface area contributed by atoms with Crippen LogP contribution in [-0.4, -0.2) is 24.4 Å². The van der Waals surface area contributed by atoms with Crippen molar-refractivity contribution in [1.29, 1.82) is 0 Å². The highest BCUT2D eigenvalue weighted by molar-refractivity contribution is 5.19. The second kappa shape index (κ2) is 15.4. The molecule has 0 aromatic heterocycles. The van der Waals surface area contributed by atoms with Gasteiger partial charge in [0.15, 0.2) is 0 Å². The van der Waals surface area contributed by atoms with Gasteiger partial charge in [-0.25, -0.2) is 0 Å². The van der Waals surface area contributed by atoms with E-state index in [4.69, 9.17) is 0 Å². The van der Waals surface area contributed by atoms with Crippen LogP contribution in [0, 0.1) is 17.8 Å². The Morgan fingerprint density at radius 1 is 1.32 bits per heavy atom. The third kappa shape index (κ3) is 12.0. The van der Waals surface area contributed by atoms with Crippen molar-refractivity contribution in [2.45, 2.75) is 65.5 Å². The molecule has 0 bridgehead atoms. The van der Waals surface area contributed by atoms with Crippen LogP contribution in [0.1, 0.15) is 59.3 Å². The summed E-state index contributed by atoms with van der Waals surface area (Å²) < 4.78 is 0. The van der Waals surface area contributed by atoms with Gasteiger partial charge in [-0.2, -0.15) is 0 Å². The van der Waals surface area contributed by atoms with Crippen LogP contribution in [0.25, 0.3) is 0 Å². The van der Waals surface area contributed by atoms with Gasteiger partial charge in [0.05, 0.1) is 0 Å². The lowest BCUT2D eigenvalue weighted by atomic mass is 9.90. The van der Waals surface area contributed by atoms with E-state index in [2.05, 4.69) is 68.4 Å². The van der Waals surface area contributed by atoms with Crippen molar-refractivity contribution in [3.63, 3.8) is 0 Å². The highest BCUT2D eigenvalue weighted by Gasteiger charge is 2.13. The van der Waals surface area contributed by atoms with Gasteiger partial charge in [0.1, 0.15) is 6.23 Å². The van der Waals surface area contributed by atoms with Crippen molar-refractivity contribution in [2.24, 2.45) is 17.8 Å². The Balaban J connectivity index is 2.39. The molecule has 1 rings (SSSR count). The number of nitrogens with one attached hydrogen (secondary N) is 2. The van der Waals surface area contributed by atoms with Crippen molar-refractivity contribution < 1.29 is 5.11 Å². The first-order valence-corrected chi connectivity index (χ1v) is 11.0. The molecule has 4 atom stereocenters. The smallest absolute Gasteiger partial charge is 0.124 e. The molecule has 3 nitrogen and oxygen atoms in total. The summed E-state index contributed by atoms with van der Waals surface area (Å²) >= 11 is 0. The van der Waals surface area contributed by atoms with E-state index in [0.29, 0.717) is 17.8 Å². The molecule has 0 radical (unpaired) electrons. The molecule has 1 aliphatic heterocycles. The predicted molar refractivity (Wildman–Crippen MR) is 123 cm³/mol. The third-order valence-electron chi connectivity index (χ3n) is 5.37. The fourth-order valence-corrected chi connectivity index (χ4v) is 3.49. The second-order valence-corrected chi connectivity index (χ2v) is 8.13. The number of allylic oxidation sites excluding steroid dienone is 7. The van der Waals surface area contributed by atoms with Crippen LogP contribution in [0.3, 0.4) is 0 Å². The molecule has 0 spiro atoms. The molecule has 0 amide bonds. The number of hydrogen-bond acceptors (Lipinski definition) is 3. The minimum Gasteiger partial charge on any atom is -0.374 e. The number of rotatable bonds is 12. The van der Waals surface area contributed by atoms with Crippen LogP contribution < -0.4 is 10.6 Å². The number of aliphatic hydroxyl groups is 1. The van der Waals surface area contributed by atoms with E-state index in [-0.39, 0.29) is 0 Å². The lowest BCUT2D eigenvalue weighted by molar-refractivity contribution is 0.119. The van der Waals surface area contributed by atoms with Crippen molar-refractivity contribution in [3.8, 4) is 0 Å². The molecule has 1 heterocycles. The van der Waals surface area contributed by atoms with Crippen molar-refractivity contribution in [2.75, 3.05) is 13.1 Å². The van der Waals surface area contributed by atoms with Crippen molar-refractivity contribution in [3.05, 3.63) is 60.9 Å². The first-order valence-electron chi connectivity index (χ1n) is 11.0. The van der Waals surface area contributed by atoms with E-state index in [1.165, 1.54) is 12.8 Å². The molecule has 0 aromatic carbocycles. The normalized spacial score (nSPS) is 24.6. The zero-order valence-corrected chi connectivity index (χ0v) is 18.2. The Bertz CT molecular complexity index is 533. The third-order valence-corrected chi connectivity index (χ3v) is 5.37. The van der Waals surface area contributed by atoms with Crippen LogP contribution in [-0.2, 0) is 0 Å². The average Bonchev–Trinajstić information content (AvgIpc) is 2.75. The fraction of sp³-hybridized carbons (Fsp3) is 0.600. The lowest BCUT2D eigenvalue weighted by Crippen LogP contribution is -2.29. The molecule has 1 aliphatic rings. The van der Waals surface area contributed by atoms with Gasteiger partial charge in [0, 0.05) is 12.2 Å². The van der Waals surface area contributed by atoms with Crippen LogP contribution in [0.2, 0.25) is 0 Å². The van der Waals surface area contributed by atoms with E-state index >= 15 is 0 Å². The Labute approximate surface area is 173 Å². The molecule has 28 heavy (non-hydrogen) atoms. The molecule has 0 aromatic rings. The lowest BCUT2D eigenvalue weighted by Gasteiger charge is -2.21. The maximum absolute atomic E-state index is 10.5. The van der Waals surface area contributed by atoms with Gasteiger partial charge in [-0.1, -0.05) is 82.7 Å². The molecule has 3 heteroatoms. The SMILES string of the molecule is C=C/C=C\C=C\C[C@@H](CC)CCC(C)CC(O)NC1=C/C(C)CCNC/C=C\1. The molecule has 0 saturated heterocycles. The summed E-state index contributed by atoms with van der Waals surface area (Å²) in [6, 6.07) is 0. The van der Waals surface area contributed by atoms with Crippen molar-refractivity contribution >= 4 is 0 Å². The zero-order valence-electron chi connectivity index (χ0n) is 18.2. The van der Waals surface area contributed by atoms with Crippen LogP contribution in [0.5, 0.6) is 0 Å². The summed E-state index contributed by atoms with van der Waals surface area (Å²) in [5.74, 6) is 1.72. The van der Waals surface area contributed by atoms with Crippen LogP contribution >= 0.6 is 0 Å². The Hall–Kier alpha value is -1.58. The minimum absolute atomic E-state index is 0.490. The minimum atomic E-state index is -0.490. The largest absolute Gasteiger partial charge is 0.374 e. The Morgan fingerprint density at radius 2 is 2.14 bits per heavy atom. The zero-order chi connectivity index (χ0) is 20.6. The van der Waals surface area contributed by atoms with Gasteiger partial charge < -0.3 is 15.7 Å². The summed E-state index contributed by atoms with van der Waals surface area (Å²) in [6.07, 6.45) is 22.7. The highest BCUT2D eigenvalue weighted by atomic mass is 16.3. The number of hydrogen-bond donors (Lipinski definition) is 3. The monoisotopic (exact) mass is 386 g/mol. The highest BCUT2D eigenvalue weighted by Crippen LogP contribution is 2.22. The first kappa shape index (κ1) is 24.5. The molecule has 3 N–H and O–H groups in total. The van der Waals surface area contributed by atoms with Gasteiger partial charge in [-0.15, -0.1) is 0 Å². The summed E-state index contributed by atoms with van der Waals surface area (Å²) in [6.45, 7) is 12.3. The van der Waals surface area contributed by atoms with Gasteiger partial charge in [-0.05, 0) is 56.1 Å². The first-order chi connectivity index (χ1) is 13.5.